The summed E-state index contributed by atoms with van der Waals surface area (Å²) in [5.41, 5.74) is 2.00. The van der Waals surface area contributed by atoms with Gasteiger partial charge in [0.1, 0.15) is 5.82 Å². The van der Waals surface area contributed by atoms with Crippen LogP contribution in [0, 0.1) is 12.7 Å². The van der Waals surface area contributed by atoms with Crippen molar-refractivity contribution in [3.05, 3.63) is 58.1 Å². The lowest BCUT2D eigenvalue weighted by Crippen LogP contribution is -2.25. The zero-order valence-electron chi connectivity index (χ0n) is 10.7. The smallest absolute Gasteiger partial charge is 0.254 e. The minimum atomic E-state index is -0.579. The first-order valence-electron chi connectivity index (χ1n) is 5.83. The van der Waals surface area contributed by atoms with E-state index in [0.717, 1.165) is 11.4 Å². The molecule has 2 aromatic rings. The van der Waals surface area contributed by atoms with Crippen LogP contribution in [0.1, 0.15) is 21.7 Å². The van der Waals surface area contributed by atoms with Gasteiger partial charge in [0.25, 0.3) is 5.91 Å². The second kappa shape index (κ2) is 5.45. The summed E-state index contributed by atoms with van der Waals surface area (Å²) in [4.78, 5) is 11.9. The zero-order valence-corrected chi connectivity index (χ0v) is 11.5. The molecule has 0 aliphatic carbocycles. The fourth-order valence-corrected chi connectivity index (χ4v) is 1.95. The molecule has 100 valence electrons. The molecule has 0 aliphatic heterocycles. The second-order valence-corrected chi connectivity index (χ2v) is 4.77. The van der Waals surface area contributed by atoms with E-state index >= 15 is 0 Å². The Hall–Kier alpha value is -1.81. The van der Waals surface area contributed by atoms with Crippen LogP contribution >= 0.6 is 11.6 Å². The fraction of sp³-hybridized carbons (Fsp3) is 0.214. The Kier molecular flexibility index (Phi) is 3.90. The SMILES string of the molecule is Cc1ccc(CNC(=O)c2cc(Cl)ccc2F)n1C. The van der Waals surface area contributed by atoms with Crippen molar-refractivity contribution in [3.8, 4) is 0 Å². The number of amides is 1. The lowest BCUT2D eigenvalue weighted by atomic mass is 10.2. The van der Waals surface area contributed by atoms with Gasteiger partial charge in [-0.15, -0.1) is 0 Å². The van der Waals surface area contributed by atoms with Gasteiger partial charge in [0.15, 0.2) is 0 Å². The highest BCUT2D eigenvalue weighted by atomic mass is 35.5. The van der Waals surface area contributed by atoms with Crippen LogP contribution < -0.4 is 5.32 Å². The van der Waals surface area contributed by atoms with E-state index in [4.69, 9.17) is 11.6 Å². The summed E-state index contributed by atoms with van der Waals surface area (Å²) in [6.45, 7) is 2.32. The molecule has 0 saturated heterocycles. The summed E-state index contributed by atoms with van der Waals surface area (Å²) in [5, 5.41) is 3.01. The van der Waals surface area contributed by atoms with E-state index in [2.05, 4.69) is 5.32 Å². The molecule has 0 atom stereocenters. The number of hydrogen-bond donors (Lipinski definition) is 1. The predicted molar refractivity (Wildman–Crippen MR) is 72.7 cm³/mol. The molecule has 0 saturated carbocycles. The van der Waals surface area contributed by atoms with Gasteiger partial charge in [0.05, 0.1) is 12.1 Å². The monoisotopic (exact) mass is 280 g/mol. The molecule has 0 unspecified atom stereocenters. The summed E-state index contributed by atoms with van der Waals surface area (Å²) in [6.07, 6.45) is 0. The molecule has 0 fully saturated rings. The van der Waals surface area contributed by atoms with Crippen molar-refractivity contribution < 1.29 is 9.18 Å². The summed E-state index contributed by atoms with van der Waals surface area (Å²) in [7, 11) is 1.91. The van der Waals surface area contributed by atoms with Crippen LogP contribution in [0.25, 0.3) is 0 Å². The second-order valence-electron chi connectivity index (χ2n) is 4.33. The normalized spacial score (nSPS) is 10.5. The van der Waals surface area contributed by atoms with Crippen molar-refractivity contribution in [2.75, 3.05) is 0 Å². The average molecular weight is 281 g/mol. The highest BCUT2D eigenvalue weighted by Crippen LogP contribution is 2.15. The van der Waals surface area contributed by atoms with Crippen LogP contribution in [-0.4, -0.2) is 10.5 Å². The van der Waals surface area contributed by atoms with E-state index in [9.17, 15) is 9.18 Å². The van der Waals surface area contributed by atoms with Gasteiger partial charge in [-0.1, -0.05) is 11.6 Å². The molecule has 2 rings (SSSR count). The number of benzene rings is 1. The van der Waals surface area contributed by atoms with E-state index in [1.54, 1.807) is 0 Å². The maximum atomic E-state index is 13.5. The minimum absolute atomic E-state index is 0.0431. The Balaban J connectivity index is 2.09. The van der Waals surface area contributed by atoms with Crippen LogP contribution in [0.2, 0.25) is 5.02 Å². The van der Waals surface area contributed by atoms with Gasteiger partial charge in [-0.25, -0.2) is 4.39 Å². The third-order valence-corrected chi connectivity index (χ3v) is 3.31. The third-order valence-electron chi connectivity index (χ3n) is 3.08. The lowest BCUT2D eigenvalue weighted by molar-refractivity contribution is 0.0946. The van der Waals surface area contributed by atoms with E-state index < -0.39 is 11.7 Å². The van der Waals surface area contributed by atoms with Crippen molar-refractivity contribution >= 4 is 17.5 Å². The number of carbonyl (C=O) groups excluding carboxylic acids is 1. The standard InChI is InChI=1S/C14H14ClFN2O/c1-9-3-5-11(18(9)2)8-17-14(19)12-7-10(15)4-6-13(12)16/h3-7H,8H2,1-2H3,(H,17,19). The Labute approximate surface area is 116 Å². The number of rotatable bonds is 3. The molecule has 5 heteroatoms. The van der Waals surface area contributed by atoms with E-state index in [0.29, 0.717) is 11.6 Å². The first kappa shape index (κ1) is 13.6. The number of hydrogen-bond acceptors (Lipinski definition) is 1. The number of aromatic nitrogens is 1. The highest BCUT2D eigenvalue weighted by Gasteiger charge is 2.12. The molecule has 1 amide bonds. The topological polar surface area (TPSA) is 34.0 Å². The highest BCUT2D eigenvalue weighted by molar-refractivity contribution is 6.30. The third kappa shape index (κ3) is 2.96. The van der Waals surface area contributed by atoms with Gasteiger partial charge in [-0.3, -0.25) is 4.79 Å². The van der Waals surface area contributed by atoms with Crippen molar-refractivity contribution in [1.82, 2.24) is 9.88 Å². The van der Waals surface area contributed by atoms with Crippen molar-refractivity contribution in [1.29, 1.82) is 0 Å². The number of nitrogens with zero attached hydrogens (tertiary/aromatic N) is 1. The minimum Gasteiger partial charge on any atom is -0.350 e. The summed E-state index contributed by atoms with van der Waals surface area (Å²) in [6, 6.07) is 7.80. The van der Waals surface area contributed by atoms with Crippen LogP contribution in [0.5, 0.6) is 0 Å². The van der Waals surface area contributed by atoms with Crippen molar-refractivity contribution in [3.63, 3.8) is 0 Å². The first-order valence-corrected chi connectivity index (χ1v) is 6.21. The van der Waals surface area contributed by atoms with Gasteiger partial charge in [-0.05, 0) is 37.3 Å². The maximum Gasteiger partial charge on any atom is 0.254 e. The Morgan fingerprint density at radius 3 is 2.74 bits per heavy atom. The van der Waals surface area contributed by atoms with Gasteiger partial charge in [0, 0.05) is 23.5 Å². The lowest BCUT2D eigenvalue weighted by Gasteiger charge is -2.08. The van der Waals surface area contributed by atoms with Crippen molar-refractivity contribution in [2.24, 2.45) is 7.05 Å². The fourth-order valence-electron chi connectivity index (χ4n) is 1.78. The molecule has 3 nitrogen and oxygen atoms in total. The number of aryl methyl sites for hydroxylation is 1. The van der Waals surface area contributed by atoms with E-state index in [-0.39, 0.29) is 5.56 Å². The molecule has 0 aliphatic rings. The molecule has 0 bridgehead atoms. The average Bonchev–Trinajstić information content (AvgIpc) is 2.70. The molecule has 1 N–H and O–H groups in total. The van der Waals surface area contributed by atoms with Gasteiger partial charge in [0.2, 0.25) is 0 Å². The van der Waals surface area contributed by atoms with Crippen LogP contribution in [0.15, 0.2) is 30.3 Å². The summed E-state index contributed by atoms with van der Waals surface area (Å²) in [5.74, 6) is -1.05. The number of nitrogens with one attached hydrogen (secondary N) is 1. The Morgan fingerprint density at radius 2 is 2.11 bits per heavy atom. The molecule has 1 heterocycles. The molecule has 0 spiro atoms. The molecule has 1 aromatic heterocycles. The predicted octanol–water partition coefficient (Wildman–Crippen LogP) is 3.06. The van der Waals surface area contributed by atoms with Crippen LogP contribution in [0.3, 0.4) is 0 Å². The quantitative estimate of drug-likeness (QED) is 0.921. The maximum absolute atomic E-state index is 13.5. The van der Waals surface area contributed by atoms with E-state index in [1.807, 2.05) is 30.7 Å². The largest absolute Gasteiger partial charge is 0.350 e. The summed E-state index contributed by atoms with van der Waals surface area (Å²) < 4.78 is 15.5. The van der Waals surface area contributed by atoms with Gasteiger partial charge < -0.3 is 9.88 Å². The van der Waals surface area contributed by atoms with E-state index in [1.165, 1.54) is 18.2 Å². The first-order chi connectivity index (χ1) is 8.99. The molecule has 19 heavy (non-hydrogen) atoms. The van der Waals surface area contributed by atoms with Crippen molar-refractivity contribution in [2.45, 2.75) is 13.5 Å². The number of halogens is 2. The zero-order chi connectivity index (χ0) is 14.0. The summed E-state index contributed by atoms with van der Waals surface area (Å²) >= 11 is 5.76. The molecule has 1 aromatic carbocycles. The van der Waals surface area contributed by atoms with Crippen LogP contribution in [-0.2, 0) is 13.6 Å². The Morgan fingerprint density at radius 1 is 1.37 bits per heavy atom. The number of carbonyl (C=O) groups is 1. The van der Waals surface area contributed by atoms with Gasteiger partial charge >= 0.3 is 0 Å². The van der Waals surface area contributed by atoms with Gasteiger partial charge in [-0.2, -0.15) is 0 Å². The molecule has 0 radical (unpaired) electrons. The molecular weight excluding hydrogens is 267 g/mol. The Bertz CT molecular complexity index is 622. The van der Waals surface area contributed by atoms with Crippen LogP contribution in [0.4, 0.5) is 4.39 Å². The molecular formula is C14H14ClFN2O.